The van der Waals surface area contributed by atoms with Gasteiger partial charge in [-0.1, -0.05) is 0 Å². The quantitative estimate of drug-likeness (QED) is 0.654. The summed E-state index contributed by atoms with van der Waals surface area (Å²) < 4.78 is 20.2. The molecule has 3 aromatic rings. The smallest absolute Gasteiger partial charge is 0.191 e. The van der Waals surface area contributed by atoms with E-state index in [0.717, 1.165) is 0 Å². The summed E-state index contributed by atoms with van der Waals surface area (Å²) in [5, 5.41) is 9.21. The predicted molar refractivity (Wildman–Crippen MR) is 105 cm³/mol. The van der Waals surface area contributed by atoms with Crippen molar-refractivity contribution in [3.05, 3.63) is 54.5 Å². The molecular formula is C20H18FN7O. The lowest BCUT2D eigenvalue weighted by Gasteiger charge is -2.45. The number of ether oxygens (including phenoxy) is 1. The van der Waals surface area contributed by atoms with Gasteiger partial charge in [0.05, 0.1) is 13.2 Å². The van der Waals surface area contributed by atoms with Crippen LogP contribution in [0.2, 0.25) is 0 Å². The number of hydrogen-bond donors (Lipinski definition) is 0. The van der Waals surface area contributed by atoms with Crippen molar-refractivity contribution in [2.24, 2.45) is 0 Å². The first-order chi connectivity index (χ1) is 14.1. The first-order valence-corrected chi connectivity index (χ1v) is 8.96. The van der Waals surface area contributed by atoms with E-state index in [1.807, 2.05) is 22.9 Å². The van der Waals surface area contributed by atoms with E-state index >= 15 is 4.39 Å². The van der Waals surface area contributed by atoms with Crippen molar-refractivity contribution < 1.29 is 9.13 Å². The summed E-state index contributed by atoms with van der Waals surface area (Å²) in [5.41, 5.74) is 1.16. The number of benzene rings is 1. The molecule has 2 aromatic heterocycles. The molecular weight excluding hydrogens is 373 g/mol. The monoisotopic (exact) mass is 391 g/mol. The first kappa shape index (κ1) is 18.6. The number of anilines is 2. The summed E-state index contributed by atoms with van der Waals surface area (Å²) >= 11 is 0. The molecule has 146 valence electrons. The summed E-state index contributed by atoms with van der Waals surface area (Å²) in [6.45, 7) is 1.10. The highest BCUT2D eigenvalue weighted by Crippen LogP contribution is 2.31. The van der Waals surface area contributed by atoms with Crippen molar-refractivity contribution in [1.82, 2.24) is 19.9 Å². The number of aromatic nitrogens is 4. The standard InChI is InChI=1S/C20H18FN7O/c1-27(19-16(9-22)23-7-8-24-19)14-10-28(11-14)20-17(21)18(25-12-26-20)13-3-5-15(29-2)6-4-13/h3-8,12,14H,10-11H2,1-2H3. The molecule has 4 rings (SSSR count). The number of halogens is 1. The molecule has 0 N–H and O–H groups in total. The molecule has 1 aliphatic heterocycles. The highest BCUT2D eigenvalue weighted by Gasteiger charge is 2.34. The molecule has 3 heterocycles. The lowest BCUT2D eigenvalue weighted by Crippen LogP contribution is -2.59. The molecule has 0 spiro atoms. The number of likely N-dealkylation sites (N-methyl/N-ethyl adjacent to an activating group) is 1. The van der Waals surface area contributed by atoms with Crippen LogP contribution in [-0.2, 0) is 0 Å². The van der Waals surface area contributed by atoms with Crippen LogP contribution in [0.3, 0.4) is 0 Å². The third-order valence-electron chi connectivity index (χ3n) is 4.96. The Balaban J connectivity index is 1.52. The van der Waals surface area contributed by atoms with E-state index in [9.17, 15) is 5.26 Å². The van der Waals surface area contributed by atoms with Gasteiger partial charge in [0.15, 0.2) is 23.1 Å². The second kappa shape index (κ2) is 7.67. The van der Waals surface area contributed by atoms with Crippen LogP contribution in [0, 0.1) is 17.1 Å². The summed E-state index contributed by atoms with van der Waals surface area (Å²) in [5.74, 6) is 1.01. The number of hydrogen-bond acceptors (Lipinski definition) is 8. The average Bonchev–Trinajstić information content (AvgIpc) is 2.74. The minimum atomic E-state index is -0.462. The van der Waals surface area contributed by atoms with Crippen molar-refractivity contribution >= 4 is 11.6 Å². The second-order valence-corrected chi connectivity index (χ2v) is 6.60. The van der Waals surface area contributed by atoms with E-state index < -0.39 is 5.82 Å². The van der Waals surface area contributed by atoms with Gasteiger partial charge in [0.1, 0.15) is 23.8 Å². The fraction of sp³-hybridized carbons (Fsp3) is 0.250. The molecule has 0 radical (unpaired) electrons. The van der Waals surface area contributed by atoms with Crippen molar-refractivity contribution in [2.75, 3.05) is 37.0 Å². The largest absolute Gasteiger partial charge is 0.497 e. The second-order valence-electron chi connectivity index (χ2n) is 6.60. The first-order valence-electron chi connectivity index (χ1n) is 8.96. The number of nitriles is 1. The molecule has 1 aliphatic rings. The molecule has 0 aliphatic carbocycles. The fourth-order valence-corrected chi connectivity index (χ4v) is 3.24. The minimum absolute atomic E-state index is 0.0672. The Kier molecular flexibility index (Phi) is 4.91. The van der Waals surface area contributed by atoms with Crippen LogP contribution in [-0.4, -0.2) is 53.2 Å². The maximum atomic E-state index is 15.1. The zero-order chi connectivity index (χ0) is 20.4. The Morgan fingerprint density at radius 3 is 2.55 bits per heavy atom. The third kappa shape index (κ3) is 3.40. The van der Waals surface area contributed by atoms with Gasteiger partial charge in [-0.2, -0.15) is 5.26 Å². The van der Waals surface area contributed by atoms with Crippen LogP contribution in [0.15, 0.2) is 43.0 Å². The molecule has 8 nitrogen and oxygen atoms in total. The van der Waals surface area contributed by atoms with Crippen molar-refractivity contribution in [2.45, 2.75) is 6.04 Å². The van der Waals surface area contributed by atoms with Crippen molar-refractivity contribution in [3.8, 4) is 23.1 Å². The molecule has 9 heteroatoms. The maximum absolute atomic E-state index is 15.1. The molecule has 29 heavy (non-hydrogen) atoms. The van der Waals surface area contributed by atoms with Gasteiger partial charge in [0.25, 0.3) is 0 Å². The van der Waals surface area contributed by atoms with E-state index in [-0.39, 0.29) is 23.2 Å². The molecule has 1 fully saturated rings. The van der Waals surface area contributed by atoms with Crippen LogP contribution < -0.4 is 14.5 Å². The van der Waals surface area contributed by atoms with Crippen LogP contribution in [0.4, 0.5) is 16.0 Å². The van der Waals surface area contributed by atoms with E-state index in [4.69, 9.17) is 4.74 Å². The van der Waals surface area contributed by atoms with E-state index in [0.29, 0.717) is 30.2 Å². The molecule has 0 unspecified atom stereocenters. The molecule has 0 saturated carbocycles. The van der Waals surface area contributed by atoms with E-state index in [1.165, 1.54) is 12.5 Å². The van der Waals surface area contributed by atoms with E-state index in [2.05, 4.69) is 19.9 Å². The Morgan fingerprint density at radius 2 is 1.86 bits per heavy atom. The lowest BCUT2D eigenvalue weighted by molar-refractivity contribution is 0.415. The van der Waals surface area contributed by atoms with Crippen molar-refractivity contribution in [3.63, 3.8) is 0 Å². The number of methoxy groups -OCH3 is 1. The average molecular weight is 391 g/mol. The van der Waals surface area contributed by atoms with Gasteiger partial charge in [-0.3, -0.25) is 0 Å². The normalized spacial score (nSPS) is 13.5. The SMILES string of the molecule is COc1ccc(-c2ncnc(N3CC(N(C)c4nccnc4C#N)C3)c2F)cc1. The zero-order valence-corrected chi connectivity index (χ0v) is 15.9. The van der Waals surface area contributed by atoms with Crippen molar-refractivity contribution in [1.29, 1.82) is 5.26 Å². The van der Waals surface area contributed by atoms with Gasteiger partial charge < -0.3 is 14.5 Å². The fourth-order valence-electron chi connectivity index (χ4n) is 3.24. The highest BCUT2D eigenvalue weighted by atomic mass is 19.1. The Hall–Kier alpha value is -3.80. The van der Waals surface area contributed by atoms with Crippen LogP contribution in [0.1, 0.15) is 5.69 Å². The lowest BCUT2D eigenvalue weighted by atomic mass is 10.1. The predicted octanol–water partition coefficient (Wildman–Crippen LogP) is 2.28. The Bertz CT molecular complexity index is 1060. The van der Waals surface area contributed by atoms with Crippen LogP contribution >= 0.6 is 0 Å². The summed E-state index contributed by atoms with van der Waals surface area (Å²) in [6, 6.07) is 9.16. The van der Waals surface area contributed by atoms with Gasteiger partial charge in [-0.25, -0.2) is 24.3 Å². The number of nitrogens with zero attached hydrogens (tertiary/aromatic N) is 7. The molecule has 0 amide bonds. The molecule has 1 aromatic carbocycles. The maximum Gasteiger partial charge on any atom is 0.191 e. The summed E-state index contributed by atoms with van der Waals surface area (Å²) in [4.78, 5) is 20.3. The number of rotatable bonds is 5. The Labute approximate surface area is 167 Å². The van der Waals surface area contributed by atoms with Gasteiger partial charge in [-0.05, 0) is 24.3 Å². The van der Waals surface area contributed by atoms with Crippen LogP contribution in [0.5, 0.6) is 5.75 Å². The van der Waals surface area contributed by atoms with E-state index in [1.54, 1.807) is 37.6 Å². The zero-order valence-electron chi connectivity index (χ0n) is 15.9. The van der Waals surface area contributed by atoms with Gasteiger partial charge in [0, 0.05) is 38.1 Å². The summed E-state index contributed by atoms with van der Waals surface area (Å²) in [7, 11) is 3.43. The topological polar surface area (TPSA) is 91.1 Å². The van der Waals surface area contributed by atoms with Gasteiger partial charge >= 0.3 is 0 Å². The van der Waals surface area contributed by atoms with Crippen LogP contribution in [0.25, 0.3) is 11.3 Å². The summed E-state index contributed by atoms with van der Waals surface area (Å²) in [6.07, 6.45) is 4.40. The molecule has 0 atom stereocenters. The molecule has 1 saturated heterocycles. The van der Waals surface area contributed by atoms with Gasteiger partial charge in [0.2, 0.25) is 0 Å². The minimum Gasteiger partial charge on any atom is -0.497 e. The Morgan fingerprint density at radius 1 is 1.14 bits per heavy atom. The van der Waals surface area contributed by atoms with Gasteiger partial charge in [-0.15, -0.1) is 0 Å². The molecule has 0 bridgehead atoms. The highest BCUT2D eigenvalue weighted by molar-refractivity contribution is 5.65. The third-order valence-corrected chi connectivity index (χ3v) is 4.96.